The van der Waals surface area contributed by atoms with E-state index in [1.165, 1.54) is 32.4 Å². The molecule has 88 valence electrons. The monoisotopic (exact) mass is 245 g/mol. The minimum Gasteiger partial charge on any atom is -0.465 e. The third kappa shape index (κ3) is 2.87. The molecule has 1 aromatic carbocycles. The number of anilines is 1. The highest BCUT2D eigenvalue weighted by Gasteiger charge is 2.13. The Labute approximate surface area is 98.9 Å². The van der Waals surface area contributed by atoms with E-state index in [1.807, 2.05) is 0 Å². The van der Waals surface area contributed by atoms with Crippen LogP contribution < -0.4 is 5.73 Å². The predicted molar refractivity (Wildman–Crippen MR) is 60.8 cm³/mol. The van der Waals surface area contributed by atoms with Crippen LogP contribution >= 0.6 is 12.4 Å². The highest BCUT2D eigenvalue weighted by molar-refractivity contribution is 5.99. The Morgan fingerprint density at radius 1 is 1.12 bits per heavy atom. The van der Waals surface area contributed by atoms with Crippen LogP contribution in [0, 0.1) is 0 Å². The minimum atomic E-state index is -0.585. The lowest BCUT2D eigenvalue weighted by atomic mass is 10.1. The summed E-state index contributed by atoms with van der Waals surface area (Å²) in [6.45, 7) is 0. The second-order valence-corrected chi connectivity index (χ2v) is 2.79. The van der Waals surface area contributed by atoms with Crippen LogP contribution in [-0.4, -0.2) is 26.2 Å². The first-order valence-corrected chi connectivity index (χ1v) is 4.16. The van der Waals surface area contributed by atoms with Gasteiger partial charge in [-0.25, -0.2) is 9.59 Å². The second-order valence-electron chi connectivity index (χ2n) is 2.79. The van der Waals surface area contributed by atoms with Gasteiger partial charge in [-0.2, -0.15) is 0 Å². The lowest BCUT2D eigenvalue weighted by Crippen LogP contribution is -2.09. The van der Waals surface area contributed by atoms with E-state index in [-0.39, 0.29) is 29.2 Å². The summed E-state index contributed by atoms with van der Waals surface area (Å²) < 4.78 is 9.03. The number of nitrogen functional groups attached to an aromatic ring is 1. The maximum absolute atomic E-state index is 11.2. The lowest BCUT2D eigenvalue weighted by Gasteiger charge is -2.05. The average Bonchev–Trinajstić information content (AvgIpc) is 2.27. The van der Waals surface area contributed by atoms with Crippen molar-refractivity contribution < 1.29 is 19.1 Å². The molecule has 0 saturated heterocycles. The molecule has 0 heterocycles. The van der Waals surface area contributed by atoms with Crippen LogP contribution in [0.25, 0.3) is 0 Å². The van der Waals surface area contributed by atoms with Gasteiger partial charge >= 0.3 is 11.9 Å². The maximum atomic E-state index is 11.2. The van der Waals surface area contributed by atoms with E-state index in [9.17, 15) is 9.59 Å². The van der Waals surface area contributed by atoms with Gasteiger partial charge in [-0.3, -0.25) is 0 Å². The average molecular weight is 246 g/mol. The van der Waals surface area contributed by atoms with Crippen LogP contribution in [0.2, 0.25) is 0 Å². The van der Waals surface area contributed by atoms with Crippen LogP contribution in [0.1, 0.15) is 20.7 Å². The Hall–Kier alpha value is -1.75. The number of hydrogen-bond acceptors (Lipinski definition) is 5. The van der Waals surface area contributed by atoms with Gasteiger partial charge in [0.15, 0.2) is 0 Å². The molecule has 0 fully saturated rings. The van der Waals surface area contributed by atoms with Gasteiger partial charge in [0, 0.05) is 5.69 Å². The molecule has 0 aliphatic rings. The summed E-state index contributed by atoms with van der Waals surface area (Å²) in [5.74, 6) is -1.11. The van der Waals surface area contributed by atoms with Gasteiger partial charge in [-0.05, 0) is 18.2 Å². The fraction of sp³-hybridized carbons (Fsp3) is 0.200. The zero-order valence-corrected chi connectivity index (χ0v) is 9.67. The van der Waals surface area contributed by atoms with Crippen LogP contribution in [0.15, 0.2) is 18.2 Å². The van der Waals surface area contributed by atoms with Crippen LogP contribution in [0.4, 0.5) is 5.69 Å². The van der Waals surface area contributed by atoms with Crippen molar-refractivity contribution in [1.82, 2.24) is 0 Å². The Morgan fingerprint density at radius 3 is 2.19 bits per heavy atom. The Bertz CT molecular complexity index is 406. The molecule has 0 saturated carbocycles. The molecule has 0 aliphatic carbocycles. The number of hydrogen-bond donors (Lipinski definition) is 1. The molecule has 0 radical (unpaired) electrons. The van der Waals surface area contributed by atoms with E-state index in [1.54, 1.807) is 0 Å². The van der Waals surface area contributed by atoms with Crippen molar-refractivity contribution in [3.05, 3.63) is 29.3 Å². The van der Waals surface area contributed by atoms with Crippen molar-refractivity contribution >= 4 is 30.0 Å². The third-order valence-electron chi connectivity index (χ3n) is 1.88. The molecule has 0 aromatic heterocycles. The number of benzene rings is 1. The quantitative estimate of drug-likeness (QED) is 0.627. The van der Waals surface area contributed by atoms with Crippen LogP contribution in [0.5, 0.6) is 0 Å². The number of rotatable bonds is 2. The zero-order valence-electron chi connectivity index (χ0n) is 8.85. The first-order chi connectivity index (χ1) is 7.10. The zero-order chi connectivity index (χ0) is 11.4. The molecule has 1 rings (SSSR count). The van der Waals surface area contributed by atoms with Crippen molar-refractivity contribution in [2.45, 2.75) is 0 Å². The summed E-state index contributed by atoms with van der Waals surface area (Å²) in [5, 5.41) is 0. The third-order valence-corrected chi connectivity index (χ3v) is 1.88. The predicted octanol–water partition coefficient (Wildman–Crippen LogP) is 1.26. The molecule has 0 amide bonds. The molecular weight excluding hydrogens is 234 g/mol. The van der Waals surface area contributed by atoms with Gasteiger partial charge in [-0.15, -0.1) is 12.4 Å². The first-order valence-electron chi connectivity index (χ1n) is 4.16. The Morgan fingerprint density at radius 2 is 1.69 bits per heavy atom. The summed E-state index contributed by atoms with van der Waals surface area (Å²) in [6, 6.07) is 4.28. The minimum absolute atomic E-state index is 0. The van der Waals surface area contributed by atoms with Crippen molar-refractivity contribution in [3.63, 3.8) is 0 Å². The first kappa shape index (κ1) is 14.2. The van der Waals surface area contributed by atoms with E-state index in [0.717, 1.165) is 0 Å². The summed E-state index contributed by atoms with van der Waals surface area (Å²) in [7, 11) is 2.50. The van der Waals surface area contributed by atoms with Crippen LogP contribution in [-0.2, 0) is 9.47 Å². The fourth-order valence-electron chi connectivity index (χ4n) is 1.09. The largest absolute Gasteiger partial charge is 0.465 e. The number of nitrogens with two attached hydrogens (primary N) is 1. The summed E-state index contributed by atoms with van der Waals surface area (Å²) in [5.41, 5.74) is 6.22. The van der Waals surface area contributed by atoms with Gasteiger partial charge in [0.25, 0.3) is 0 Å². The van der Waals surface area contributed by atoms with Crippen molar-refractivity contribution in [2.24, 2.45) is 0 Å². The summed E-state index contributed by atoms with van der Waals surface area (Å²) in [4.78, 5) is 22.4. The van der Waals surface area contributed by atoms with E-state index in [0.29, 0.717) is 0 Å². The van der Waals surface area contributed by atoms with E-state index >= 15 is 0 Å². The molecule has 0 atom stereocenters. The van der Waals surface area contributed by atoms with Gasteiger partial charge in [0.1, 0.15) is 0 Å². The second kappa shape index (κ2) is 5.97. The van der Waals surface area contributed by atoms with Crippen LogP contribution in [0.3, 0.4) is 0 Å². The summed E-state index contributed by atoms with van der Waals surface area (Å²) >= 11 is 0. The topological polar surface area (TPSA) is 78.6 Å². The molecule has 0 aliphatic heterocycles. The number of ether oxygens (including phenoxy) is 2. The molecule has 0 bridgehead atoms. The maximum Gasteiger partial charge on any atom is 0.339 e. The van der Waals surface area contributed by atoms with Crippen molar-refractivity contribution in [3.8, 4) is 0 Å². The SMILES string of the molecule is COC(=O)c1ccc(N)c(C(=O)OC)c1.Cl. The van der Waals surface area contributed by atoms with Gasteiger partial charge in [0.05, 0.1) is 25.3 Å². The van der Waals surface area contributed by atoms with Gasteiger partial charge in [0.2, 0.25) is 0 Å². The highest BCUT2D eigenvalue weighted by atomic mass is 35.5. The number of methoxy groups -OCH3 is 2. The van der Waals surface area contributed by atoms with E-state index < -0.39 is 11.9 Å². The smallest absolute Gasteiger partial charge is 0.339 e. The lowest BCUT2D eigenvalue weighted by molar-refractivity contribution is 0.0600. The molecule has 0 unspecified atom stereocenters. The molecule has 0 spiro atoms. The Kier molecular flexibility index (Phi) is 5.32. The Balaban J connectivity index is 0.00000225. The van der Waals surface area contributed by atoms with Crippen molar-refractivity contribution in [1.29, 1.82) is 0 Å². The molecule has 16 heavy (non-hydrogen) atoms. The number of halogens is 1. The number of carbonyl (C=O) groups is 2. The molecule has 5 nitrogen and oxygen atoms in total. The van der Waals surface area contributed by atoms with Gasteiger partial charge in [-0.1, -0.05) is 0 Å². The molecular formula is C10H12ClNO4. The fourth-order valence-corrected chi connectivity index (χ4v) is 1.09. The highest BCUT2D eigenvalue weighted by Crippen LogP contribution is 2.15. The van der Waals surface area contributed by atoms with E-state index in [4.69, 9.17) is 5.73 Å². The van der Waals surface area contributed by atoms with Gasteiger partial charge < -0.3 is 15.2 Å². The standard InChI is InChI=1S/C10H11NO4.ClH/c1-14-9(12)6-3-4-8(11)7(5-6)10(13)15-2;/h3-5H,11H2,1-2H3;1H. The molecule has 6 heteroatoms. The van der Waals surface area contributed by atoms with Crippen molar-refractivity contribution in [2.75, 3.05) is 20.0 Å². The molecule has 1 aromatic rings. The number of carbonyl (C=O) groups excluding carboxylic acids is 2. The van der Waals surface area contributed by atoms with E-state index in [2.05, 4.69) is 9.47 Å². The molecule has 2 N–H and O–H groups in total. The summed E-state index contributed by atoms with van der Waals surface area (Å²) in [6.07, 6.45) is 0. The normalized spacial score (nSPS) is 8.88. The number of esters is 2.